The SMILES string of the molecule is N#Cc1cnc(N2Cc3ccccc3C(F)(F)C2)cn1. The van der Waals surface area contributed by atoms with E-state index in [9.17, 15) is 8.78 Å². The number of halogens is 2. The van der Waals surface area contributed by atoms with Crippen molar-refractivity contribution in [1.29, 1.82) is 5.26 Å². The molecule has 6 heteroatoms. The Morgan fingerprint density at radius 1 is 1.20 bits per heavy atom. The number of alkyl halides is 2. The average Bonchev–Trinajstić information content (AvgIpc) is 2.47. The quantitative estimate of drug-likeness (QED) is 0.800. The highest BCUT2D eigenvalue weighted by atomic mass is 19.3. The first-order valence-corrected chi connectivity index (χ1v) is 6.03. The maximum absolute atomic E-state index is 14.1. The summed E-state index contributed by atoms with van der Waals surface area (Å²) in [5.41, 5.74) is 0.811. The molecule has 2 aromatic rings. The van der Waals surface area contributed by atoms with Crippen LogP contribution in [0.1, 0.15) is 16.8 Å². The average molecular weight is 272 g/mol. The van der Waals surface area contributed by atoms with Crippen LogP contribution < -0.4 is 4.90 Å². The lowest BCUT2D eigenvalue weighted by Gasteiger charge is -2.34. The molecule has 0 aliphatic carbocycles. The number of nitrogens with zero attached hydrogens (tertiary/aromatic N) is 4. The first-order valence-electron chi connectivity index (χ1n) is 6.03. The van der Waals surface area contributed by atoms with Crippen LogP contribution >= 0.6 is 0 Å². The predicted octanol–water partition coefficient (Wildman–Crippen LogP) is 2.46. The molecular weight excluding hydrogens is 262 g/mol. The van der Waals surface area contributed by atoms with Crippen molar-refractivity contribution in [3.05, 3.63) is 53.5 Å². The highest BCUT2D eigenvalue weighted by Gasteiger charge is 2.40. The van der Waals surface area contributed by atoms with Crippen molar-refractivity contribution in [1.82, 2.24) is 9.97 Å². The van der Waals surface area contributed by atoms with E-state index in [1.165, 1.54) is 23.4 Å². The molecule has 0 N–H and O–H groups in total. The van der Waals surface area contributed by atoms with Gasteiger partial charge in [-0.25, -0.2) is 9.97 Å². The second kappa shape index (κ2) is 4.53. The van der Waals surface area contributed by atoms with E-state index < -0.39 is 12.5 Å². The van der Waals surface area contributed by atoms with Crippen LogP contribution in [0.15, 0.2) is 36.7 Å². The number of hydrogen-bond acceptors (Lipinski definition) is 4. The van der Waals surface area contributed by atoms with E-state index in [1.807, 2.05) is 6.07 Å². The smallest absolute Gasteiger partial charge is 0.290 e. The van der Waals surface area contributed by atoms with Crippen LogP contribution in [-0.2, 0) is 12.5 Å². The van der Waals surface area contributed by atoms with Crippen molar-refractivity contribution in [3.8, 4) is 6.07 Å². The Balaban J connectivity index is 1.96. The van der Waals surface area contributed by atoms with Crippen LogP contribution in [0.5, 0.6) is 0 Å². The number of rotatable bonds is 1. The summed E-state index contributed by atoms with van der Waals surface area (Å²) in [5.74, 6) is -2.58. The van der Waals surface area contributed by atoms with Gasteiger partial charge in [0.15, 0.2) is 5.69 Å². The molecule has 0 saturated heterocycles. The van der Waals surface area contributed by atoms with Gasteiger partial charge in [0.1, 0.15) is 11.9 Å². The van der Waals surface area contributed by atoms with Crippen molar-refractivity contribution < 1.29 is 8.78 Å². The van der Waals surface area contributed by atoms with E-state index in [2.05, 4.69) is 9.97 Å². The first-order chi connectivity index (χ1) is 9.60. The zero-order valence-electron chi connectivity index (χ0n) is 10.4. The van der Waals surface area contributed by atoms with Gasteiger partial charge in [-0.3, -0.25) is 0 Å². The lowest BCUT2D eigenvalue weighted by Crippen LogP contribution is -2.41. The fraction of sp³-hybridized carbons (Fsp3) is 0.214. The maximum atomic E-state index is 14.1. The summed E-state index contributed by atoms with van der Waals surface area (Å²) >= 11 is 0. The number of fused-ring (bicyclic) bond motifs is 1. The Morgan fingerprint density at radius 2 is 2.00 bits per heavy atom. The third kappa shape index (κ3) is 2.07. The second-order valence-electron chi connectivity index (χ2n) is 4.59. The largest absolute Gasteiger partial charge is 0.345 e. The molecular formula is C14H10F2N4. The molecule has 0 amide bonds. The van der Waals surface area contributed by atoms with Gasteiger partial charge in [-0.05, 0) is 5.56 Å². The molecule has 3 rings (SSSR count). The van der Waals surface area contributed by atoms with Gasteiger partial charge in [0.05, 0.1) is 18.9 Å². The molecule has 4 nitrogen and oxygen atoms in total. The van der Waals surface area contributed by atoms with Crippen LogP contribution in [0.25, 0.3) is 0 Å². The van der Waals surface area contributed by atoms with Gasteiger partial charge in [0.2, 0.25) is 0 Å². The Hall–Kier alpha value is -2.55. The number of benzene rings is 1. The normalized spacial score (nSPS) is 16.4. The second-order valence-corrected chi connectivity index (χ2v) is 4.59. The Bertz CT molecular complexity index is 676. The lowest BCUT2D eigenvalue weighted by molar-refractivity contribution is -0.00263. The van der Waals surface area contributed by atoms with Crippen LogP contribution in [0.2, 0.25) is 0 Å². The zero-order chi connectivity index (χ0) is 14.2. The molecule has 0 radical (unpaired) electrons. The maximum Gasteiger partial charge on any atom is 0.290 e. The minimum atomic E-state index is -2.93. The standard InChI is InChI=1S/C14H10F2N4/c15-14(16)9-20(8-10-3-1-2-4-12(10)14)13-7-18-11(5-17)6-19-13/h1-4,6-7H,8-9H2. The zero-order valence-corrected chi connectivity index (χ0v) is 10.4. The first kappa shape index (κ1) is 12.5. The van der Waals surface area contributed by atoms with E-state index in [-0.39, 0.29) is 11.3 Å². The molecule has 0 unspecified atom stereocenters. The van der Waals surface area contributed by atoms with E-state index >= 15 is 0 Å². The Morgan fingerprint density at radius 3 is 2.70 bits per heavy atom. The number of anilines is 1. The summed E-state index contributed by atoms with van der Waals surface area (Å²) in [5, 5.41) is 8.67. The van der Waals surface area contributed by atoms with E-state index in [1.54, 1.807) is 18.2 Å². The molecule has 20 heavy (non-hydrogen) atoms. The molecule has 1 aromatic carbocycles. The van der Waals surface area contributed by atoms with E-state index in [0.717, 1.165) is 0 Å². The molecule has 0 bridgehead atoms. The van der Waals surface area contributed by atoms with Gasteiger partial charge in [0, 0.05) is 12.1 Å². The van der Waals surface area contributed by atoms with Crippen LogP contribution in [-0.4, -0.2) is 16.5 Å². The van der Waals surface area contributed by atoms with Gasteiger partial charge >= 0.3 is 0 Å². The van der Waals surface area contributed by atoms with Gasteiger partial charge in [-0.15, -0.1) is 0 Å². The van der Waals surface area contributed by atoms with Crippen LogP contribution in [0.4, 0.5) is 14.6 Å². The summed E-state index contributed by atoms with van der Waals surface area (Å²) in [7, 11) is 0. The summed E-state index contributed by atoms with van der Waals surface area (Å²) in [6.45, 7) is -0.0864. The molecule has 0 saturated carbocycles. The van der Waals surface area contributed by atoms with Crippen molar-refractivity contribution in [2.75, 3.05) is 11.4 Å². The highest BCUT2D eigenvalue weighted by Crippen LogP contribution is 2.37. The highest BCUT2D eigenvalue weighted by molar-refractivity contribution is 5.45. The van der Waals surface area contributed by atoms with Crippen molar-refractivity contribution in [2.45, 2.75) is 12.5 Å². The van der Waals surface area contributed by atoms with Gasteiger partial charge < -0.3 is 4.90 Å². The molecule has 0 fully saturated rings. The summed E-state index contributed by atoms with van der Waals surface area (Å²) < 4.78 is 28.3. The van der Waals surface area contributed by atoms with Gasteiger partial charge in [-0.1, -0.05) is 24.3 Å². The molecule has 1 aliphatic rings. The summed E-state index contributed by atoms with van der Waals surface area (Å²) in [4.78, 5) is 9.35. The van der Waals surface area contributed by atoms with Gasteiger partial charge in [-0.2, -0.15) is 14.0 Å². The van der Waals surface area contributed by atoms with Gasteiger partial charge in [0.25, 0.3) is 5.92 Å². The molecule has 0 spiro atoms. The molecule has 1 aromatic heterocycles. The minimum absolute atomic E-state index is 0.0675. The number of nitriles is 1. The molecule has 100 valence electrons. The van der Waals surface area contributed by atoms with Crippen LogP contribution in [0.3, 0.4) is 0 Å². The van der Waals surface area contributed by atoms with E-state index in [4.69, 9.17) is 5.26 Å². The van der Waals surface area contributed by atoms with Crippen LogP contribution in [0, 0.1) is 11.3 Å². The number of hydrogen-bond donors (Lipinski definition) is 0. The number of aromatic nitrogens is 2. The summed E-state index contributed by atoms with van der Waals surface area (Å²) in [6, 6.07) is 8.35. The third-order valence-corrected chi connectivity index (χ3v) is 3.24. The molecule has 2 heterocycles. The predicted molar refractivity (Wildman–Crippen MR) is 68.1 cm³/mol. The Labute approximate surface area is 114 Å². The fourth-order valence-corrected chi connectivity index (χ4v) is 2.31. The Kier molecular flexibility index (Phi) is 2.83. The topological polar surface area (TPSA) is 52.8 Å². The molecule has 0 atom stereocenters. The lowest BCUT2D eigenvalue weighted by atomic mass is 9.96. The summed E-state index contributed by atoms with van der Waals surface area (Å²) in [6.07, 6.45) is 2.64. The monoisotopic (exact) mass is 272 g/mol. The van der Waals surface area contributed by atoms with Crippen molar-refractivity contribution >= 4 is 5.82 Å². The minimum Gasteiger partial charge on any atom is -0.345 e. The van der Waals surface area contributed by atoms with E-state index in [0.29, 0.717) is 17.9 Å². The molecule has 1 aliphatic heterocycles. The van der Waals surface area contributed by atoms with Crippen molar-refractivity contribution in [2.24, 2.45) is 0 Å². The third-order valence-electron chi connectivity index (χ3n) is 3.24. The van der Waals surface area contributed by atoms with Crippen molar-refractivity contribution in [3.63, 3.8) is 0 Å². The fourth-order valence-electron chi connectivity index (χ4n) is 2.31.